The van der Waals surface area contributed by atoms with Crippen LogP contribution in [0, 0.1) is 12.8 Å². The van der Waals surface area contributed by atoms with Gasteiger partial charge in [-0.1, -0.05) is 10.3 Å². The van der Waals surface area contributed by atoms with Crippen LogP contribution < -0.4 is 5.56 Å². The molecule has 7 heteroatoms. The highest BCUT2D eigenvalue weighted by atomic mass is 16.6. The normalized spacial score (nSPS) is 18.4. The third kappa shape index (κ3) is 2.45. The summed E-state index contributed by atoms with van der Waals surface area (Å²) in [7, 11) is 0. The van der Waals surface area contributed by atoms with Crippen molar-refractivity contribution in [2.45, 2.75) is 39.3 Å². The van der Waals surface area contributed by atoms with Crippen LogP contribution in [-0.2, 0) is 25.9 Å². The van der Waals surface area contributed by atoms with Crippen LogP contribution in [0.25, 0.3) is 0 Å². The third-order valence-electron chi connectivity index (χ3n) is 4.61. The Bertz CT molecular complexity index is 745. The Balaban J connectivity index is 1.36. The molecule has 1 fully saturated rings. The van der Waals surface area contributed by atoms with Crippen LogP contribution in [0.4, 0.5) is 0 Å². The number of rotatable bonds is 4. The average molecular weight is 301 g/mol. The maximum absolute atomic E-state index is 12.1. The fourth-order valence-corrected chi connectivity index (χ4v) is 3.34. The number of aryl methyl sites for hydroxylation is 3. The van der Waals surface area contributed by atoms with Gasteiger partial charge in [0.2, 0.25) is 0 Å². The highest BCUT2D eigenvalue weighted by Gasteiger charge is 2.29. The van der Waals surface area contributed by atoms with Gasteiger partial charge < -0.3 is 0 Å². The fraction of sp³-hybridized carbons (Fsp3) is 0.600. The maximum atomic E-state index is 12.1. The van der Waals surface area contributed by atoms with E-state index in [4.69, 9.17) is 4.63 Å². The summed E-state index contributed by atoms with van der Waals surface area (Å²) in [5.41, 5.74) is 4.03. The lowest BCUT2D eigenvalue weighted by atomic mass is 10.00. The molecule has 0 aromatic carbocycles. The SMILES string of the molecule is Cc1nonc1CN1CC(Cn2nc3c(cc2=O)CCC3)C1. The lowest BCUT2D eigenvalue weighted by Crippen LogP contribution is -2.49. The smallest absolute Gasteiger partial charge is 0.267 e. The minimum atomic E-state index is 0.0376. The van der Waals surface area contributed by atoms with Crippen molar-refractivity contribution in [3.63, 3.8) is 0 Å². The molecule has 0 atom stereocenters. The Morgan fingerprint density at radius 1 is 1.32 bits per heavy atom. The van der Waals surface area contributed by atoms with E-state index in [9.17, 15) is 4.79 Å². The predicted molar refractivity (Wildman–Crippen MR) is 78.3 cm³/mol. The van der Waals surface area contributed by atoms with Gasteiger partial charge in [0.25, 0.3) is 5.56 Å². The van der Waals surface area contributed by atoms with E-state index in [1.807, 2.05) is 6.92 Å². The maximum Gasteiger partial charge on any atom is 0.267 e. The Labute approximate surface area is 127 Å². The van der Waals surface area contributed by atoms with E-state index < -0.39 is 0 Å². The van der Waals surface area contributed by atoms with Gasteiger partial charge in [-0.05, 0) is 31.7 Å². The molecule has 1 saturated heterocycles. The van der Waals surface area contributed by atoms with Gasteiger partial charge in [-0.25, -0.2) is 9.31 Å². The predicted octanol–water partition coefficient (Wildman–Crippen LogP) is 0.555. The van der Waals surface area contributed by atoms with Gasteiger partial charge in [0, 0.05) is 31.6 Å². The number of aromatic nitrogens is 4. The Kier molecular flexibility index (Phi) is 3.29. The molecular formula is C15H19N5O2. The van der Waals surface area contributed by atoms with Crippen LogP contribution in [0.1, 0.15) is 29.1 Å². The molecule has 116 valence electrons. The van der Waals surface area contributed by atoms with Crippen molar-refractivity contribution >= 4 is 0 Å². The van der Waals surface area contributed by atoms with Crippen LogP contribution >= 0.6 is 0 Å². The van der Waals surface area contributed by atoms with Gasteiger partial charge in [-0.2, -0.15) is 5.10 Å². The van der Waals surface area contributed by atoms with E-state index in [1.54, 1.807) is 10.7 Å². The summed E-state index contributed by atoms with van der Waals surface area (Å²) in [6.07, 6.45) is 3.12. The summed E-state index contributed by atoms with van der Waals surface area (Å²) < 4.78 is 6.36. The van der Waals surface area contributed by atoms with Crippen LogP contribution in [0.2, 0.25) is 0 Å². The first-order valence-corrected chi connectivity index (χ1v) is 7.79. The number of likely N-dealkylation sites (tertiary alicyclic amines) is 1. The molecule has 4 rings (SSSR count). The van der Waals surface area contributed by atoms with Crippen molar-refractivity contribution in [1.29, 1.82) is 0 Å². The van der Waals surface area contributed by atoms with Crippen LogP contribution in [0.3, 0.4) is 0 Å². The Morgan fingerprint density at radius 2 is 2.18 bits per heavy atom. The van der Waals surface area contributed by atoms with Crippen molar-refractivity contribution in [2.75, 3.05) is 13.1 Å². The summed E-state index contributed by atoms with van der Waals surface area (Å²) in [6, 6.07) is 1.77. The van der Waals surface area contributed by atoms with Crippen molar-refractivity contribution in [3.05, 3.63) is 39.1 Å². The third-order valence-corrected chi connectivity index (χ3v) is 4.61. The summed E-state index contributed by atoms with van der Waals surface area (Å²) in [4.78, 5) is 14.4. The minimum Gasteiger partial charge on any atom is -0.297 e. The number of nitrogens with zero attached hydrogens (tertiary/aromatic N) is 5. The topological polar surface area (TPSA) is 77.1 Å². The molecule has 7 nitrogen and oxygen atoms in total. The molecule has 0 unspecified atom stereocenters. The first-order valence-electron chi connectivity index (χ1n) is 7.79. The molecule has 1 aliphatic carbocycles. The first kappa shape index (κ1) is 13.6. The second-order valence-electron chi connectivity index (χ2n) is 6.35. The lowest BCUT2D eigenvalue weighted by Gasteiger charge is -2.38. The standard InChI is InChI=1S/C15H19N5O2/c1-10-14(18-22-17-10)9-19-6-11(7-19)8-20-15(21)5-12-3-2-4-13(12)16-20/h5,11H,2-4,6-9H2,1H3. The van der Waals surface area contributed by atoms with Crippen molar-refractivity contribution in [1.82, 2.24) is 25.0 Å². The minimum absolute atomic E-state index is 0.0376. The number of hydrogen-bond donors (Lipinski definition) is 0. The summed E-state index contributed by atoms with van der Waals surface area (Å²) in [5, 5.41) is 12.2. The van der Waals surface area contributed by atoms with E-state index in [0.29, 0.717) is 12.5 Å². The zero-order valence-corrected chi connectivity index (χ0v) is 12.7. The largest absolute Gasteiger partial charge is 0.297 e. The molecular weight excluding hydrogens is 282 g/mol. The highest BCUT2D eigenvalue weighted by molar-refractivity contribution is 5.22. The van der Waals surface area contributed by atoms with Crippen molar-refractivity contribution in [2.24, 2.45) is 5.92 Å². The van der Waals surface area contributed by atoms with Crippen molar-refractivity contribution < 1.29 is 4.63 Å². The van der Waals surface area contributed by atoms with E-state index in [0.717, 1.165) is 61.5 Å². The summed E-state index contributed by atoms with van der Waals surface area (Å²) in [5.74, 6) is 0.477. The van der Waals surface area contributed by atoms with E-state index in [1.165, 1.54) is 0 Å². The highest BCUT2D eigenvalue weighted by Crippen LogP contribution is 2.21. The van der Waals surface area contributed by atoms with Gasteiger partial charge in [0.1, 0.15) is 11.4 Å². The molecule has 2 aromatic rings. The number of fused-ring (bicyclic) bond motifs is 1. The van der Waals surface area contributed by atoms with Gasteiger partial charge in [0.15, 0.2) is 0 Å². The molecule has 3 heterocycles. The van der Waals surface area contributed by atoms with Gasteiger partial charge in [-0.15, -0.1) is 0 Å². The molecule has 0 amide bonds. The van der Waals surface area contributed by atoms with E-state index >= 15 is 0 Å². The molecule has 22 heavy (non-hydrogen) atoms. The Hall–Kier alpha value is -2.02. The zero-order valence-electron chi connectivity index (χ0n) is 12.7. The Morgan fingerprint density at radius 3 is 2.95 bits per heavy atom. The fourth-order valence-electron chi connectivity index (χ4n) is 3.34. The molecule has 0 N–H and O–H groups in total. The zero-order chi connectivity index (χ0) is 15.1. The second-order valence-corrected chi connectivity index (χ2v) is 6.35. The molecule has 0 saturated carbocycles. The van der Waals surface area contributed by atoms with Crippen LogP contribution in [0.15, 0.2) is 15.5 Å². The van der Waals surface area contributed by atoms with Crippen LogP contribution in [-0.4, -0.2) is 38.1 Å². The van der Waals surface area contributed by atoms with E-state index in [2.05, 4.69) is 20.3 Å². The van der Waals surface area contributed by atoms with Gasteiger partial charge in [-0.3, -0.25) is 9.69 Å². The average Bonchev–Trinajstić information content (AvgIpc) is 3.05. The molecule has 1 aliphatic heterocycles. The lowest BCUT2D eigenvalue weighted by molar-refractivity contribution is 0.0739. The molecule has 2 aliphatic rings. The number of hydrogen-bond acceptors (Lipinski definition) is 6. The first-order chi connectivity index (χ1) is 10.7. The second kappa shape index (κ2) is 5.31. The quantitative estimate of drug-likeness (QED) is 0.821. The van der Waals surface area contributed by atoms with Crippen molar-refractivity contribution in [3.8, 4) is 0 Å². The van der Waals surface area contributed by atoms with E-state index in [-0.39, 0.29) is 5.56 Å². The molecule has 0 radical (unpaired) electrons. The molecule has 0 bridgehead atoms. The summed E-state index contributed by atoms with van der Waals surface area (Å²) >= 11 is 0. The monoisotopic (exact) mass is 301 g/mol. The van der Waals surface area contributed by atoms with Gasteiger partial charge in [0.05, 0.1) is 12.2 Å². The molecule has 2 aromatic heterocycles. The summed E-state index contributed by atoms with van der Waals surface area (Å²) in [6.45, 7) is 5.28. The van der Waals surface area contributed by atoms with Gasteiger partial charge >= 0.3 is 0 Å². The molecule has 0 spiro atoms. The van der Waals surface area contributed by atoms with Crippen LogP contribution in [0.5, 0.6) is 0 Å².